The summed E-state index contributed by atoms with van der Waals surface area (Å²) in [6.45, 7) is 6.12. The van der Waals surface area contributed by atoms with Crippen LogP contribution in [0.15, 0.2) is 0 Å². The molecule has 0 unspecified atom stereocenters. The lowest BCUT2D eigenvalue weighted by Gasteiger charge is -2.21. The maximum absolute atomic E-state index is 9.51. The molecule has 0 aliphatic carbocycles. The van der Waals surface area contributed by atoms with Crippen molar-refractivity contribution in [1.82, 2.24) is 0 Å². The van der Waals surface area contributed by atoms with Crippen LogP contribution in [0.2, 0.25) is 0 Å². The molecule has 0 aliphatic heterocycles. The summed E-state index contributed by atoms with van der Waals surface area (Å²) in [6, 6.07) is 0. The van der Waals surface area contributed by atoms with Crippen molar-refractivity contribution in [2.45, 2.75) is 52.1 Å². The van der Waals surface area contributed by atoms with Crippen LogP contribution in [0.3, 0.4) is 0 Å². The predicted octanol–water partition coefficient (Wildman–Crippen LogP) is 2.60. The number of ether oxygens (including phenoxy) is 1. The van der Waals surface area contributed by atoms with E-state index in [1.54, 1.807) is 14.2 Å². The first kappa shape index (κ1) is 14.4. The third kappa shape index (κ3) is 12.6. The quantitative estimate of drug-likeness (QED) is 0.713. The van der Waals surface area contributed by atoms with Gasteiger partial charge in [-0.1, -0.05) is 26.7 Å². The van der Waals surface area contributed by atoms with Crippen LogP contribution >= 0.6 is 0 Å². The van der Waals surface area contributed by atoms with Crippen LogP contribution in [-0.2, 0) is 4.74 Å². The van der Waals surface area contributed by atoms with E-state index >= 15 is 0 Å². The molecule has 0 bridgehead atoms. The lowest BCUT2D eigenvalue weighted by atomic mass is 9.95. The van der Waals surface area contributed by atoms with Crippen molar-refractivity contribution in [2.75, 3.05) is 14.2 Å². The number of rotatable bonds is 4. The Morgan fingerprint density at radius 2 is 1.33 bits per heavy atom. The van der Waals surface area contributed by atoms with Crippen molar-refractivity contribution in [3.05, 3.63) is 0 Å². The minimum atomic E-state index is -0.399. The summed E-state index contributed by atoms with van der Waals surface area (Å²) >= 11 is 0. The van der Waals surface area contributed by atoms with Gasteiger partial charge in [-0.2, -0.15) is 0 Å². The van der Waals surface area contributed by atoms with Gasteiger partial charge in [0.15, 0.2) is 0 Å². The van der Waals surface area contributed by atoms with Crippen molar-refractivity contribution in [1.29, 1.82) is 0 Å². The molecular formula is C10H24O2. The molecule has 0 amide bonds. The van der Waals surface area contributed by atoms with Gasteiger partial charge in [-0.15, -0.1) is 0 Å². The number of methoxy groups -OCH3 is 1. The van der Waals surface area contributed by atoms with Gasteiger partial charge in [0.1, 0.15) is 0 Å². The Morgan fingerprint density at radius 3 is 1.50 bits per heavy atom. The van der Waals surface area contributed by atoms with Crippen LogP contribution in [0.5, 0.6) is 0 Å². The molecule has 0 rings (SSSR count). The standard InChI is InChI=1S/C8H18O.C2H6O/c1-4-6-8(3,9)7-5-2;1-3-2/h9H,4-7H2,1-3H3;1-2H3. The largest absolute Gasteiger partial charge is 0.390 e. The summed E-state index contributed by atoms with van der Waals surface area (Å²) in [5.41, 5.74) is -0.399. The fourth-order valence-electron chi connectivity index (χ4n) is 1.20. The molecular weight excluding hydrogens is 152 g/mol. The van der Waals surface area contributed by atoms with Gasteiger partial charge in [0.05, 0.1) is 5.60 Å². The molecule has 0 aliphatic rings. The third-order valence-electron chi connectivity index (χ3n) is 1.58. The van der Waals surface area contributed by atoms with Crippen LogP contribution in [0, 0.1) is 0 Å². The molecule has 0 saturated heterocycles. The van der Waals surface area contributed by atoms with E-state index in [-0.39, 0.29) is 0 Å². The van der Waals surface area contributed by atoms with Gasteiger partial charge < -0.3 is 9.84 Å². The highest BCUT2D eigenvalue weighted by molar-refractivity contribution is 4.69. The van der Waals surface area contributed by atoms with Gasteiger partial charge >= 0.3 is 0 Å². The molecule has 0 heterocycles. The SMILES string of the molecule is CCCC(C)(O)CCC.COC. The minimum Gasteiger partial charge on any atom is -0.390 e. The summed E-state index contributed by atoms with van der Waals surface area (Å²) in [6.07, 6.45) is 4.02. The first-order chi connectivity index (χ1) is 5.54. The second-order valence-electron chi connectivity index (χ2n) is 3.41. The number of hydrogen-bond acceptors (Lipinski definition) is 2. The van der Waals surface area contributed by atoms with Gasteiger partial charge in [-0.25, -0.2) is 0 Å². The van der Waals surface area contributed by atoms with Gasteiger partial charge in [0.2, 0.25) is 0 Å². The second-order valence-corrected chi connectivity index (χ2v) is 3.41. The van der Waals surface area contributed by atoms with Crippen LogP contribution in [0.1, 0.15) is 46.5 Å². The smallest absolute Gasteiger partial charge is 0.0619 e. The Bertz CT molecular complexity index is 71.9. The van der Waals surface area contributed by atoms with E-state index in [4.69, 9.17) is 0 Å². The Labute approximate surface area is 76.9 Å². The van der Waals surface area contributed by atoms with E-state index < -0.39 is 5.60 Å². The summed E-state index contributed by atoms with van der Waals surface area (Å²) in [5.74, 6) is 0. The molecule has 1 N–H and O–H groups in total. The average molecular weight is 176 g/mol. The highest BCUT2D eigenvalue weighted by Gasteiger charge is 2.16. The van der Waals surface area contributed by atoms with E-state index in [0.29, 0.717) is 0 Å². The second kappa shape index (κ2) is 9.01. The fourth-order valence-corrected chi connectivity index (χ4v) is 1.20. The van der Waals surface area contributed by atoms with E-state index in [9.17, 15) is 5.11 Å². The first-order valence-corrected chi connectivity index (χ1v) is 4.66. The average Bonchev–Trinajstić information content (AvgIpc) is 1.88. The maximum Gasteiger partial charge on any atom is 0.0619 e. The van der Waals surface area contributed by atoms with Gasteiger partial charge in [-0.05, 0) is 19.8 Å². The molecule has 2 nitrogen and oxygen atoms in total. The highest BCUT2D eigenvalue weighted by Crippen LogP contribution is 2.17. The van der Waals surface area contributed by atoms with E-state index in [1.165, 1.54) is 0 Å². The van der Waals surface area contributed by atoms with Crippen molar-refractivity contribution in [3.63, 3.8) is 0 Å². The van der Waals surface area contributed by atoms with Gasteiger partial charge in [0.25, 0.3) is 0 Å². The van der Waals surface area contributed by atoms with E-state index in [2.05, 4.69) is 18.6 Å². The molecule has 76 valence electrons. The molecule has 0 saturated carbocycles. The zero-order valence-electron chi connectivity index (χ0n) is 9.18. The van der Waals surface area contributed by atoms with Gasteiger partial charge in [0, 0.05) is 14.2 Å². The summed E-state index contributed by atoms with van der Waals surface area (Å²) in [4.78, 5) is 0. The zero-order valence-corrected chi connectivity index (χ0v) is 9.18. The maximum atomic E-state index is 9.51. The highest BCUT2D eigenvalue weighted by atomic mass is 16.4. The molecule has 0 aromatic heterocycles. The number of hydrogen-bond donors (Lipinski definition) is 1. The molecule has 0 aromatic carbocycles. The van der Waals surface area contributed by atoms with Gasteiger partial charge in [-0.3, -0.25) is 0 Å². The Hall–Kier alpha value is -0.0800. The monoisotopic (exact) mass is 176 g/mol. The van der Waals surface area contributed by atoms with Crippen molar-refractivity contribution in [3.8, 4) is 0 Å². The molecule has 0 spiro atoms. The summed E-state index contributed by atoms with van der Waals surface area (Å²) in [5, 5.41) is 9.51. The zero-order chi connectivity index (χ0) is 10.0. The topological polar surface area (TPSA) is 29.5 Å². The Kier molecular flexibility index (Phi) is 10.8. The van der Waals surface area contributed by atoms with Crippen LogP contribution < -0.4 is 0 Å². The summed E-state index contributed by atoms with van der Waals surface area (Å²) < 4.78 is 4.25. The molecule has 12 heavy (non-hydrogen) atoms. The molecule has 0 radical (unpaired) electrons. The van der Waals surface area contributed by atoms with E-state index in [1.807, 2.05) is 6.92 Å². The molecule has 2 heteroatoms. The minimum absolute atomic E-state index is 0.399. The lowest BCUT2D eigenvalue weighted by molar-refractivity contribution is 0.0406. The lowest BCUT2D eigenvalue weighted by Crippen LogP contribution is -2.22. The molecule has 0 aromatic rings. The van der Waals surface area contributed by atoms with Crippen molar-refractivity contribution < 1.29 is 9.84 Å². The van der Waals surface area contributed by atoms with Crippen LogP contribution in [0.25, 0.3) is 0 Å². The van der Waals surface area contributed by atoms with Crippen LogP contribution in [0.4, 0.5) is 0 Å². The van der Waals surface area contributed by atoms with Crippen molar-refractivity contribution in [2.24, 2.45) is 0 Å². The molecule has 0 atom stereocenters. The van der Waals surface area contributed by atoms with Crippen molar-refractivity contribution >= 4 is 0 Å². The van der Waals surface area contributed by atoms with E-state index in [0.717, 1.165) is 25.7 Å². The Balaban J connectivity index is 0. The van der Waals surface area contributed by atoms with Crippen LogP contribution in [-0.4, -0.2) is 24.9 Å². The third-order valence-corrected chi connectivity index (χ3v) is 1.58. The normalized spacial score (nSPS) is 10.5. The summed E-state index contributed by atoms with van der Waals surface area (Å²) in [7, 11) is 3.25. The molecule has 0 fully saturated rings. The number of aliphatic hydroxyl groups is 1. The predicted molar refractivity (Wildman–Crippen MR) is 53.4 cm³/mol. The first-order valence-electron chi connectivity index (χ1n) is 4.66. The fraction of sp³-hybridized carbons (Fsp3) is 1.00. The Morgan fingerprint density at radius 1 is 1.08 bits per heavy atom.